The molecule has 0 saturated carbocycles. The second-order valence-corrected chi connectivity index (χ2v) is 7.80. The molecule has 0 saturated heterocycles. The number of imidazole rings is 1. The van der Waals surface area contributed by atoms with Crippen molar-refractivity contribution in [1.82, 2.24) is 14.3 Å². The van der Waals surface area contributed by atoms with Crippen LogP contribution < -0.4 is 4.72 Å². The summed E-state index contributed by atoms with van der Waals surface area (Å²) in [6.07, 6.45) is -4.45. The molecule has 0 bridgehead atoms. The normalized spacial score (nSPS) is 12.8. The third kappa shape index (κ3) is 3.55. The number of aryl methyl sites for hydroxylation is 1. The first-order chi connectivity index (χ1) is 11.7. The Kier molecular flexibility index (Phi) is 4.60. The highest BCUT2D eigenvalue weighted by atomic mass is 32.2. The molecule has 25 heavy (non-hydrogen) atoms. The third-order valence-corrected chi connectivity index (χ3v) is 5.93. The summed E-state index contributed by atoms with van der Waals surface area (Å²) in [7, 11) is -3.68. The SMILES string of the molecule is CCn1c(CNS(=O)(=O)c2ccsc2)nc2ccc(C(F)(F)F)cc21. The summed E-state index contributed by atoms with van der Waals surface area (Å²) in [5.41, 5.74) is -0.0540. The number of hydrogen-bond acceptors (Lipinski definition) is 4. The number of thiophene rings is 1. The number of alkyl halides is 3. The van der Waals surface area contributed by atoms with E-state index in [2.05, 4.69) is 9.71 Å². The second kappa shape index (κ2) is 6.43. The molecular weight excluding hydrogens is 375 g/mol. The Morgan fingerprint density at radius 2 is 2.04 bits per heavy atom. The van der Waals surface area contributed by atoms with Crippen molar-refractivity contribution in [1.29, 1.82) is 0 Å². The number of nitrogens with zero attached hydrogens (tertiary/aromatic N) is 2. The van der Waals surface area contributed by atoms with Crippen LogP contribution in [-0.2, 0) is 29.3 Å². The molecule has 5 nitrogen and oxygen atoms in total. The fraction of sp³-hybridized carbons (Fsp3) is 0.267. The molecule has 0 radical (unpaired) electrons. The molecule has 0 aliphatic carbocycles. The molecule has 2 heterocycles. The number of aromatic nitrogens is 2. The average molecular weight is 389 g/mol. The van der Waals surface area contributed by atoms with Crippen molar-refractivity contribution >= 4 is 32.4 Å². The van der Waals surface area contributed by atoms with Crippen LogP contribution in [-0.4, -0.2) is 18.0 Å². The minimum Gasteiger partial charge on any atom is -0.327 e. The van der Waals surface area contributed by atoms with Gasteiger partial charge in [-0.3, -0.25) is 0 Å². The Balaban J connectivity index is 1.94. The number of fused-ring (bicyclic) bond motifs is 1. The molecule has 10 heteroatoms. The fourth-order valence-corrected chi connectivity index (χ4v) is 4.49. The standard InChI is InChI=1S/C15H14F3N3O2S2/c1-2-21-13-7-10(15(16,17)18)3-4-12(13)20-14(21)8-19-25(22,23)11-5-6-24-9-11/h3-7,9,19H,2,8H2,1H3. The van der Waals surface area contributed by atoms with Crippen LogP contribution in [0, 0.1) is 0 Å². The Bertz CT molecular complexity index is 993. The molecule has 1 N–H and O–H groups in total. The van der Waals surface area contributed by atoms with Gasteiger partial charge in [-0.15, -0.1) is 0 Å². The zero-order valence-electron chi connectivity index (χ0n) is 13.0. The molecule has 3 rings (SSSR count). The van der Waals surface area contributed by atoms with E-state index < -0.39 is 21.8 Å². The van der Waals surface area contributed by atoms with E-state index in [-0.39, 0.29) is 11.4 Å². The van der Waals surface area contributed by atoms with Gasteiger partial charge in [-0.1, -0.05) is 0 Å². The minimum atomic E-state index is -4.45. The molecule has 0 aliphatic rings. The van der Waals surface area contributed by atoms with Crippen LogP contribution in [0.1, 0.15) is 18.3 Å². The Hall–Kier alpha value is -1.91. The molecule has 0 fully saturated rings. The zero-order chi connectivity index (χ0) is 18.2. The van der Waals surface area contributed by atoms with Gasteiger partial charge in [-0.05, 0) is 36.6 Å². The lowest BCUT2D eigenvalue weighted by molar-refractivity contribution is -0.137. The lowest BCUT2D eigenvalue weighted by atomic mass is 10.2. The van der Waals surface area contributed by atoms with Crippen LogP contribution >= 0.6 is 11.3 Å². The lowest BCUT2D eigenvalue weighted by Crippen LogP contribution is -2.24. The highest BCUT2D eigenvalue weighted by Gasteiger charge is 2.31. The van der Waals surface area contributed by atoms with Gasteiger partial charge in [0.25, 0.3) is 0 Å². The Labute approximate surface area is 146 Å². The number of rotatable bonds is 5. The molecule has 1 aromatic carbocycles. The predicted octanol–water partition coefficient (Wildman–Crippen LogP) is 3.62. The molecule has 0 amide bonds. The van der Waals surface area contributed by atoms with Gasteiger partial charge in [0.05, 0.1) is 28.0 Å². The first-order valence-electron chi connectivity index (χ1n) is 7.30. The summed E-state index contributed by atoms with van der Waals surface area (Å²) in [4.78, 5) is 4.41. The molecular formula is C15H14F3N3O2S2. The fourth-order valence-electron chi connectivity index (χ4n) is 2.48. The van der Waals surface area contributed by atoms with Crippen molar-refractivity contribution in [2.24, 2.45) is 0 Å². The molecule has 2 aromatic heterocycles. The van der Waals surface area contributed by atoms with Gasteiger partial charge in [0, 0.05) is 11.9 Å². The van der Waals surface area contributed by atoms with E-state index in [1.54, 1.807) is 16.9 Å². The summed E-state index contributed by atoms with van der Waals surface area (Å²) in [5.74, 6) is 0.357. The van der Waals surface area contributed by atoms with Gasteiger partial charge in [-0.25, -0.2) is 18.1 Å². The van der Waals surface area contributed by atoms with Crippen molar-refractivity contribution < 1.29 is 21.6 Å². The number of benzene rings is 1. The third-order valence-electron chi connectivity index (χ3n) is 3.70. The van der Waals surface area contributed by atoms with Crippen LogP contribution in [0.5, 0.6) is 0 Å². The van der Waals surface area contributed by atoms with Crippen molar-refractivity contribution in [2.45, 2.75) is 31.1 Å². The lowest BCUT2D eigenvalue weighted by Gasteiger charge is -2.09. The molecule has 134 valence electrons. The Morgan fingerprint density at radius 1 is 1.28 bits per heavy atom. The summed E-state index contributed by atoms with van der Waals surface area (Å²) < 4.78 is 67.1. The zero-order valence-corrected chi connectivity index (χ0v) is 14.7. The second-order valence-electron chi connectivity index (χ2n) is 5.26. The highest BCUT2D eigenvalue weighted by Crippen LogP contribution is 2.31. The van der Waals surface area contributed by atoms with Gasteiger partial charge in [0.1, 0.15) is 5.82 Å². The van der Waals surface area contributed by atoms with Gasteiger partial charge < -0.3 is 4.57 Å². The Morgan fingerprint density at radius 3 is 2.64 bits per heavy atom. The maximum atomic E-state index is 12.9. The van der Waals surface area contributed by atoms with Crippen LogP contribution in [0.15, 0.2) is 39.9 Å². The molecule has 0 spiro atoms. The molecule has 0 aliphatic heterocycles. The maximum Gasteiger partial charge on any atom is 0.416 e. The van der Waals surface area contributed by atoms with E-state index in [0.717, 1.165) is 12.1 Å². The monoisotopic (exact) mass is 389 g/mol. The molecule has 3 aromatic rings. The number of halogens is 3. The minimum absolute atomic E-state index is 0.109. The van der Waals surface area contributed by atoms with Crippen molar-refractivity contribution in [2.75, 3.05) is 0 Å². The number of sulfonamides is 1. The maximum absolute atomic E-state index is 12.9. The van der Waals surface area contributed by atoms with E-state index in [4.69, 9.17) is 0 Å². The number of nitrogens with one attached hydrogen (secondary N) is 1. The van der Waals surface area contributed by atoms with Gasteiger partial charge in [0.15, 0.2) is 0 Å². The van der Waals surface area contributed by atoms with Gasteiger partial charge in [0.2, 0.25) is 10.0 Å². The van der Waals surface area contributed by atoms with Crippen LogP contribution in [0.25, 0.3) is 11.0 Å². The first-order valence-corrected chi connectivity index (χ1v) is 9.73. The summed E-state index contributed by atoms with van der Waals surface area (Å²) in [6, 6.07) is 4.77. The highest BCUT2D eigenvalue weighted by molar-refractivity contribution is 7.89. The largest absolute Gasteiger partial charge is 0.416 e. The summed E-state index contributed by atoms with van der Waals surface area (Å²) in [6.45, 7) is 2.02. The van der Waals surface area contributed by atoms with Crippen LogP contribution in [0.3, 0.4) is 0 Å². The predicted molar refractivity (Wildman–Crippen MR) is 88.8 cm³/mol. The van der Waals surface area contributed by atoms with E-state index >= 15 is 0 Å². The van der Waals surface area contributed by atoms with E-state index in [9.17, 15) is 21.6 Å². The van der Waals surface area contributed by atoms with Crippen molar-refractivity contribution in [3.8, 4) is 0 Å². The average Bonchev–Trinajstić information content (AvgIpc) is 3.19. The summed E-state index contributed by atoms with van der Waals surface area (Å²) in [5, 5.41) is 3.15. The summed E-state index contributed by atoms with van der Waals surface area (Å²) >= 11 is 1.26. The van der Waals surface area contributed by atoms with Crippen LogP contribution in [0.4, 0.5) is 13.2 Å². The smallest absolute Gasteiger partial charge is 0.327 e. The van der Waals surface area contributed by atoms with Gasteiger partial charge in [-0.2, -0.15) is 24.5 Å². The molecule has 0 unspecified atom stereocenters. The number of hydrogen-bond donors (Lipinski definition) is 1. The van der Waals surface area contributed by atoms with Gasteiger partial charge >= 0.3 is 6.18 Å². The van der Waals surface area contributed by atoms with Crippen molar-refractivity contribution in [3.63, 3.8) is 0 Å². The van der Waals surface area contributed by atoms with Crippen molar-refractivity contribution in [3.05, 3.63) is 46.4 Å². The van der Waals surface area contributed by atoms with Crippen LogP contribution in [0.2, 0.25) is 0 Å². The quantitative estimate of drug-likeness (QED) is 0.725. The topological polar surface area (TPSA) is 64.0 Å². The van der Waals surface area contributed by atoms with E-state index in [0.29, 0.717) is 23.4 Å². The first kappa shape index (κ1) is 17.9. The van der Waals surface area contributed by atoms with E-state index in [1.165, 1.54) is 28.8 Å². The molecule has 0 atom stereocenters. The van der Waals surface area contributed by atoms with E-state index in [1.807, 2.05) is 0 Å².